The SMILES string of the molecule is COc1cc(C(C)(C)C)nc(Br)c1C.Cc1cc(Br)nc(C(C)(C)C)c1C.Cc1cc(Br)nc(C(C)(C)C)c1F.Cc1cc(C(C)(C)C)nc(Br)c1C.Cc1cc(F)c(F)cc1-c1cccc(C(C)(C)C)c1F. The molecule has 4 aromatic heterocycles. The van der Waals surface area contributed by atoms with Gasteiger partial charge in [-0.1, -0.05) is 122 Å². The van der Waals surface area contributed by atoms with Crippen molar-refractivity contribution in [3.8, 4) is 16.9 Å². The second kappa shape index (κ2) is 26.0. The zero-order valence-corrected chi connectivity index (χ0v) is 53.8. The van der Waals surface area contributed by atoms with Gasteiger partial charge in [0, 0.05) is 44.5 Å². The number of nitrogens with zero attached hydrogens (tertiary/aromatic N) is 4. The molecule has 0 spiro atoms. The second-order valence-electron chi connectivity index (χ2n) is 23.5. The quantitative estimate of drug-likeness (QED) is 0.128. The Hall–Kier alpha value is -3.52. The van der Waals surface area contributed by atoms with Gasteiger partial charge in [0.25, 0.3) is 0 Å². The highest BCUT2D eigenvalue weighted by atomic mass is 79.9. The van der Waals surface area contributed by atoms with Gasteiger partial charge in [-0.3, -0.25) is 0 Å². The molecule has 73 heavy (non-hydrogen) atoms. The van der Waals surface area contributed by atoms with E-state index in [0.717, 1.165) is 48.6 Å². The zero-order valence-electron chi connectivity index (χ0n) is 47.4. The van der Waals surface area contributed by atoms with Gasteiger partial charge in [0.1, 0.15) is 35.8 Å². The van der Waals surface area contributed by atoms with E-state index in [-0.39, 0.29) is 38.7 Å². The van der Waals surface area contributed by atoms with Crippen LogP contribution >= 0.6 is 63.7 Å². The Morgan fingerprint density at radius 1 is 0.411 bits per heavy atom. The molecule has 6 aromatic rings. The van der Waals surface area contributed by atoms with E-state index in [9.17, 15) is 17.6 Å². The molecule has 5 nitrogen and oxygen atoms in total. The monoisotopic (exact) mass is 1260 g/mol. The minimum absolute atomic E-state index is 0.0451. The lowest BCUT2D eigenvalue weighted by atomic mass is 9.84. The summed E-state index contributed by atoms with van der Waals surface area (Å²) in [6.07, 6.45) is 0. The molecule has 0 fully saturated rings. The Balaban J connectivity index is 0.000000317. The molecule has 0 bridgehead atoms. The number of aromatic nitrogens is 4. The topological polar surface area (TPSA) is 60.8 Å². The third-order valence-electron chi connectivity index (χ3n) is 11.8. The number of hydrogen-bond donors (Lipinski definition) is 0. The first-order valence-electron chi connectivity index (χ1n) is 24.1. The smallest absolute Gasteiger partial charge is 0.159 e. The number of ether oxygens (including phenoxy) is 1. The van der Waals surface area contributed by atoms with Gasteiger partial charge in [-0.15, -0.1) is 0 Å². The van der Waals surface area contributed by atoms with E-state index >= 15 is 0 Å². The van der Waals surface area contributed by atoms with Crippen LogP contribution < -0.4 is 4.74 Å². The van der Waals surface area contributed by atoms with Crippen LogP contribution in [0.5, 0.6) is 5.75 Å². The highest BCUT2D eigenvalue weighted by Crippen LogP contribution is 2.35. The van der Waals surface area contributed by atoms with E-state index in [1.807, 2.05) is 54.5 Å². The predicted octanol–water partition coefficient (Wildman–Crippen LogP) is 19.9. The number of methoxy groups -OCH3 is 1. The average Bonchev–Trinajstić information content (AvgIpc) is 3.24. The number of aryl methyl sites for hydroxylation is 4. The fraction of sp³-hybridized carbons (Fsp3) is 0.467. The average molecular weight is 1270 g/mol. The Kier molecular flexibility index (Phi) is 23.4. The van der Waals surface area contributed by atoms with Gasteiger partial charge in [-0.2, -0.15) is 0 Å². The van der Waals surface area contributed by atoms with Gasteiger partial charge < -0.3 is 4.74 Å². The van der Waals surface area contributed by atoms with Crippen LogP contribution in [0.1, 0.15) is 171 Å². The minimum atomic E-state index is -0.967. The highest BCUT2D eigenvalue weighted by Gasteiger charge is 2.25. The van der Waals surface area contributed by atoms with Crippen molar-refractivity contribution >= 4 is 63.7 Å². The maximum atomic E-state index is 14.7. The first-order valence-corrected chi connectivity index (χ1v) is 27.3. The van der Waals surface area contributed by atoms with Gasteiger partial charge >= 0.3 is 0 Å². The van der Waals surface area contributed by atoms with E-state index in [1.54, 1.807) is 45.2 Å². The van der Waals surface area contributed by atoms with Gasteiger partial charge in [0.2, 0.25) is 0 Å². The molecule has 6 rings (SSSR count). The number of halogens is 8. The van der Waals surface area contributed by atoms with Crippen LogP contribution in [0.2, 0.25) is 0 Å². The van der Waals surface area contributed by atoms with E-state index in [1.165, 1.54) is 27.9 Å². The second-order valence-corrected chi connectivity index (χ2v) is 26.7. The Morgan fingerprint density at radius 3 is 1.30 bits per heavy atom. The van der Waals surface area contributed by atoms with Crippen LogP contribution in [0.4, 0.5) is 17.6 Å². The number of pyridine rings is 4. The van der Waals surface area contributed by atoms with Crippen molar-refractivity contribution in [3.63, 3.8) is 0 Å². The molecule has 0 radical (unpaired) electrons. The first-order chi connectivity index (χ1) is 33.0. The van der Waals surface area contributed by atoms with Crippen molar-refractivity contribution in [3.05, 3.63) is 164 Å². The Morgan fingerprint density at radius 2 is 0.849 bits per heavy atom. The van der Waals surface area contributed by atoms with Crippen molar-refractivity contribution in [1.29, 1.82) is 0 Å². The van der Waals surface area contributed by atoms with E-state index in [2.05, 4.69) is 186 Å². The minimum Gasteiger partial charge on any atom is -0.496 e. The van der Waals surface area contributed by atoms with Crippen molar-refractivity contribution in [2.75, 3.05) is 7.11 Å². The zero-order chi connectivity index (χ0) is 56.7. The van der Waals surface area contributed by atoms with Gasteiger partial charge in [0.15, 0.2) is 11.6 Å². The molecular formula is C60H78Br4F4N4O. The molecule has 0 aliphatic heterocycles. The van der Waals surface area contributed by atoms with Crippen molar-refractivity contribution in [2.24, 2.45) is 0 Å². The first kappa shape index (κ1) is 65.6. The molecule has 0 aliphatic carbocycles. The third kappa shape index (κ3) is 18.9. The largest absolute Gasteiger partial charge is 0.496 e. The maximum absolute atomic E-state index is 14.7. The molecule has 13 heteroatoms. The summed E-state index contributed by atoms with van der Waals surface area (Å²) in [5, 5.41) is 0. The fourth-order valence-corrected chi connectivity index (χ4v) is 8.96. The van der Waals surface area contributed by atoms with Crippen LogP contribution in [0, 0.1) is 71.7 Å². The molecule has 4 heterocycles. The van der Waals surface area contributed by atoms with Gasteiger partial charge in [0.05, 0.1) is 24.2 Å². The summed E-state index contributed by atoms with van der Waals surface area (Å²) in [7, 11) is 1.68. The van der Waals surface area contributed by atoms with E-state index < -0.39 is 11.6 Å². The Bertz CT molecular complexity index is 2780. The van der Waals surface area contributed by atoms with Gasteiger partial charge in [-0.05, 0) is 192 Å². The summed E-state index contributed by atoms with van der Waals surface area (Å²) in [5.41, 5.74) is 12.1. The lowest BCUT2D eigenvalue weighted by Gasteiger charge is -2.21. The van der Waals surface area contributed by atoms with Gasteiger partial charge in [-0.25, -0.2) is 37.5 Å². The summed E-state index contributed by atoms with van der Waals surface area (Å²) < 4.78 is 63.6. The lowest BCUT2D eigenvalue weighted by Crippen LogP contribution is -2.17. The number of hydrogen-bond acceptors (Lipinski definition) is 5. The molecule has 0 aliphatic rings. The van der Waals surface area contributed by atoms with Crippen molar-refractivity contribution in [2.45, 2.75) is 179 Å². The van der Waals surface area contributed by atoms with E-state index in [4.69, 9.17) is 4.74 Å². The van der Waals surface area contributed by atoms with Crippen LogP contribution in [0.3, 0.4) is 0 Å². The molecule has 0 atom stereocenters. The van der Waals surface area contributed by atoms with Crippen LogP contribution in [-0.2, 0) is 27.1 Å². The highest BCUT2D eigenvalue weighted by molar-refractivity contribution is 9.11. The molecule has 0 N–H and O–H groups in total. The Labute approximate surface area is 469 Å². The molecular weight excluding hydrogens is 1190 g/mol. The molecule has 0 saturated carbocycles. The molecule has 0 unspecified atom stereocenters. The molecule has 0 amide bonds. The summed E-state index contributed by atoms with van der Waals surface area (Å²) in [4.78, 5) is 17.7. The predicted molar refractivity (Wildman–Crippen MR) is 313 cm³/mol. The summed E-state index contributed by atoms with van der Waals surface area (Å²) in [6.45, 7) is 44.9. The number of rotatable bonds is 2. The molecule has 400 valence electrons. The van der Waals surface area contributed by atoms with Crippen molar-refractivity contribution < 1.29 is 22.3 Å². The molecule has 2 aromatic carbocycles. The summed E-state index contributed by atoms with van der Waals surface area (Å²) >= 11 is 13.6. The standard InChI is InChI=1S/C17H17F3.C11H16BrNO.2C11H16BrN.C10H13BrFN/c1-10-8-14(18)15(19)9-12(10)11-6-5-7-13(16(11)20)17(2,3)4;1-7-8(14-5)6-9(11(2,3)4)13-10(7)12;1-7-6-9(12)13-10(8(7)2)11(3,4)5;1-7-6-9(11(3,4)5)13-10(12)8(7)2;1-6-5-7(11)13-9(8(6)12)10(2,3)4/h5-9H,1-4H3;6H,1-5H3;2*6H,1-5H3;5H,1-4H3. The van der Waals surface area contributed by atoms with Crippen LogP contribution in [-0.4, -0.2) is 27.0 Å². The van der Waals surface area contributed by atoms with Crippen LogP contribution in [0.15, 0.2) is 73.0 Å². The summed E-state index contributed by atoms with van der Waals surface area (Å²) in [5.74, 6) is -1.58. The number of benzene rings is 2. The maximum Gasteiger partial charge on any atom is 0.159 e. The lowest BCUT2D eigenvalue weighted by molar-refractivity contribution is 0.407. The molecule has 0 saturated heterocycles. The van der Waals surface area contributed by atoms with Crippen molar-refractivity contribution in [1.82, 2.24) is 19.9 Å². The fourth-order valence-electron chi connectivity index (χ4n) is 7.03. The van der Waals surface area contributed by atoms with Crippen LogP contribution in [0.25, 0.3) is 11.1 Å². The third-order valence-corrected chi connectivity index (χ3v) is 14.1. The van der Waals surface area contributed by atoms with E-state index in [0.29, 0.717) is 38.1 Å². The summed E-state index contributed by atoms with van der Waals surface area (Å²) in [6, 6.07) is 15.1. The normalized spacial score (nSPS) is 11.8.